The largest absolute Gasteiger partial charge is 0.472 e. The molecule has 4 aromatic heterocycles. The summed E-state index contributed by atoms with van der Waals surface area (Å²) in [6.45, 7) is -1.47. The second-order valence-electron chi connectivity index (χ2n) is 9.36. The number of imidazole rings is 1. The number of aliphatic hydroxyl groups excluding tert-OH is 4. The molecule has 226 valence electrons. The number of ether oxygens (including phenoxy) is 2. The van der Waals surface area contributed by atoms with Gasteiger partial charge in [0.05, 0.1) is 19.5 Å². The molecule has 2 aliphatic heterocycles. The summed E-state index contributed by atoms with van der Waals surface area (Å²) in [4.78, 5) is 40.7. The van der Waals surface area contributed by atoms with Crippen LogP contribution in [0.4, 0.5) is 11.8 Å². The third-order valence-corrected chi connectivity index (χ3v) is 7.73. The lowest BCUT2D eigenvalue weighted by atomic mass is 10.1. The first kappa shape index (κ1) is 28.4. The highest BCUT2D eigenvalue weighted by Gasteiger charge is 2.50. The molecule has 0 spiro atoms. The third-order valence-electron chi connectivity index (χ3n) is 6.74. The van der Waals surface area contributed by atoms with Gasteiger partial charge in [-0.3, -0.25) is 23.4 Å². The number of phosphoric ester groups is 1. The van der Waals surface area contributed by atoms with Gasteiger partial charge < -0.3 is 46.3 Å². The van der Waals surface area contributed by atoms with Gasteiger partial charge in [-0.2, -0.15) is 9.67 Å². The SMILES string of the molecule is Nc1nc2c(ncn2[C@@H]2O[C@H](CO)[C@@H](O)[C@H]2OP(=O)(O)OC[C@H]2O[C@@H](n3nnc4c(N)ncnc43)[C@H](O)[C@@H]2O)c(=O)[nH]1. The number of aliphatic hydroxyl groups is 4. The van der Waals surface area contributed by atoms with E-state index >= 15 is 0 Å². The monoisotopic (exact) mass is 613 g/mol. The molecule has 0 bridgehead atoms. The van der Waals surface area contributed by atoms with Gasteiger partial charge in [0.15, 0.2) is 40.6 Å². The molecule has 2 fully saturated rings. The molecule has 6 rings (SSSR count). The molecule has 0 aliphatic carbocycles. The summed E-state index contributed by atoms with van der Waals surface area (Å²) in [7, 11) is -5.07. The van der Waals surface area contributed by atoms with Gasteiger partial charge in [0, 0.05) is 0 Å². The fourth-order valence-corrected chi connectivity index (χ4v) is 5.64. The molecular formula is C19H24N11O11P. The van der Waals surface area contributed by atoms with E-state index in [1.807, 2.05) is 0 Å². The van der Waals surface area contributed by atoms with Gasteiger partial charge in [0.25, 0.3) is 5.56 Å². The van der Waals surface area contributed by atoms with Crippen molar-refractivity contribution < 1.29 is 48.4 Å². The minimum absolute atomic E-state index is 0.0205. The highest BCUT2D eigenvalue weighted by atomic mass is 31.2. The Hall–Kier alpha value is -3.70. The number of phosphoric acid groups is 1. The molecule has 0 saturated carbocycles. The maximum Gasteiger partial charge on any atom is 0.472 e. The van der Waals surface area contributed by atoms with Crippen molar-refractivity contribution in [3.05, 3.63) is 23.0 Å². The Balaban J connectivity index is 1.19. The van der Waals surface area contributed by atoms with Crippen LogP contribution in [0.1, 0.15) is 12.5 Å². The van der Waals surface area contributed by atoms with Crippen molar-refractivity contribution >= 4 is 41.9 Å². The number of aromatic nitrogens is 9. The van der Waals surface area contributed by atoms with Crippen LogP contribution in [-0.4, -0.2) is 120 Å². The summed E-state index contributed by atoms with van der Waals surface area (Å²) in [6, 6.07) is 0. The highest BCUT2D eigenvalue weighted by molar-refractivity contribution is 7.47. The van der Waals surface area contributed by atoms with Crippen LogP contribution < -0.4 is 17.0 Å². The molecule has 0 aromatic carbocycles. The summed E-state index contributed by atoms with van der Waals surface area (Å²) >= 11 is 0. The van der Waals surface area contributed by atoms with E-state index < -0.39 is 75.7 Å². The maximum atomic E-state index is 13.0. The molecule has 6 heterocycles. The van der Waals surface area contributed by atoms with Crippen LogP contribution in [0.2, 0.25) is 0 Å². The third kappa shape index (κ3) is 4.78. The number of anilines is 2. The molecular weight excluding hydrogens is 589 g/mol. The fourth-order valence-electron chi connectivity index (χ4n) is 4.71. The number of nitrogen functional groups attached to an aromatic ring is 2. The van der Waals surface area contributed by atoms with Crippen molar-refractivity contribution in [2.45, 2.75) is 49.1 Å². The number of nitrogens with two attached hydrogens (primary N) is 2. The Bertz CT molecular complexity index is 1730. The first-order valence-corrected chi connectivity index (χ1v) is 13.6. The predicted molar refractivity (Wildman–Crippen MR) is 134 cm³/mol. The van der Waals surface area contributed by atoms with Crippen molar-refractivity contribution in [2.24, 2.45) is 0 Å². The van der Waals surface area contributed by atoms with Gasteiger partial charge in [0.2, 0.25) is 5.95 Å². The van der Waals surface area contributed by atoms with Crippen LogP contribution in [-0.2, 0) is 23.1 Å². The van der Waals surface area contributed by atoms with E-state index in [-0.39, 0.29) is 34.1 Å². The number of nitrogens with zero attached hydrogens (tertiary/aromatic N) is 8. The van der Waals surface area contributed by atoms with Crippen molar-refractivity contribution in [2.75, 3.05) is 24.7 Å². The van der Waals surface area contributed by atoms with Crippen LogP contribution in [0.15, 0.2) is 17.4 Å². The van der Waals surface area contributed by atoms with E-state index in [1.54, 1.807) is 0 Å². The van der Waals surface area contributed by atoms with Gasteiger partial charge in [-0.15, -0.1) is 5.10 Å². The molecule has 10 N–H and O–H groups in total. The second-order valence-corrected chi connectivity index (χ2v) is 10.8. The molecule has 9 atom stereocenters. The number of rotatable bonds is 8. The lowest BCUT2D eigenvalue weighted by molar-refractivity contribution is -0.0650. The van der Waals surface area contributed by atoms with Crippen molar-refractivity contribution in [3.8, 4) is 0 Å². The number of nitrogens with one attached hydrogen (secondary N) is 1. The van der Waals surface area contributed by atoms with Gasteiger partial charge in [-0.1, -0.05) is 5.21 Å². The van der Waals surface area contributed by atoms with Crippen LogP contribution in [0.3, 0.4) is 0 Å². The number of aromatic amines is 1. The molecule has 2 saturated heterocycles. The smallest absolute Gasteiger partial charge is 0.394 e. The van der Waals surface area contributed by atoms with E-state index in [2.05, 4.69) is 35.2 Å². The molecule has 23 heteroatoms. The second kappa shape index (κ2) is 10.5. The number of hydrogen-bond donors (Lipinski definition) is 8. The molecule has 2 aliphatic rings. The molecule has 0 radical (unpaired) electrons. The average Bonchev–Trinajstić information content (AvgIpc) is 3.69. The number of H-pyrrole nitrogens is 1. The Morgan fingerprint density at radius 3 is 2.55 bits per heavy atom. The Labute approximate surface area is 232 Å². The zero-order valence-electron chi connectivity index (χ0n) is 21.1. The molecule has 4 aromatic rings. The zero-order chi connectivity index (χ0) is 29.9. The zero-order valence-corrected chi connectivity index (χ0v) is 21.9. The molecule has 1 unspecified atom stereocenters. The summed E-state index contributed by atoms with van der Waals surface area (Å²) in [6.07, 6.45) is -9.66. The van der Waals surface area contributed by atoms with Crippen LogP contribution in [0.5, 0.6) is 0 Å². The van der Waals surface area contributed by atoms with E-state index in [0.29, 0.717) is 0 Å². The number of fused-ring (bicyclic) bond motifs is 2. The molecule has 0 amide bonds. The Kier molecular flexibility index (Phi) is 7.13. The van der Waals surface area contributed by atoms with Crippen molar-refractivity contribution in [1.82, 2.24) is 44.5 Å². The van der Waals surface area contributed by atoms with Crippen molar-refractivity contribution in [3.63, 3.8) is 0 Å². The van der Waals surface area contributed by atoms with Gasteiger partial charge in [-0.05, 0) is 0 Å². The quantitative estimate of drug-likeness (QED) is 0.0875. The van der Waals surface area contributed by atoms with Crippen LogP contribution in [0.25, 0.3) is 22.3 Å². The topological polar surface area (TPSA) is 327 Å². The first-order valence-electron chi connectivity index (χ1n) is 12.1. The van der Waals surface area contributed by atoms with Crippen LogP contribution >= 0.6 is 7.82 Å². The highest BCUT2D eigenvalue weighted by Crippen LogP contribution is 2.50. The summed E-state index contributed by atoms with van der Waals surface area (Å²) in [5, 5.41) is 49.1. The predicted octanol–water partition coefficient (Wildman–Crippen LogP) is -4.11. The number of hydrogen-bond acceptors (Lipinski definition) is 18. The van der Waals surface area contributed by atoms with Crippen molar-refractivity contribution in [1.29, 1.82) is 0 Å². The minimum Gasteiger partial charge on any atom is -0.394 e. The minimum atomic E-state index is -5.07. The summed E-state index contributed by atoms with van der Waals surface area (Å²) in [5.41, 5.74) is 10.7. The Morgan fingerprint density at radius 2 is 1.79 bits per heavy atom. The van der Waals surface area contributed by atoms with Gasteiger partial charge in [-0.25, -0.2) is 19.5 Å². The standard InChI is InChI=1S/C19H24N11O11P/c20-13-7-14(23-3-22-13)30(28-27-7)17-11(34)9(32)6(40-17)2-38-42(36,37)41-12-10(33)5(1-31)39-18(12)29-4-24-8-15(29)25-19(21)26-16(8)35/h3-6,9-12,17-18,31-34H,1-2H2,(H,36,37)(H2,20,22,23)(H3,21,25,26,35)/t5-,6-,9-,10-,11-,12-,17-,18-/m1/s1. The summed E-state index contributed by atoms with van der Waals surface area (Å²) in [5.74, 6) is -0.238. The maximum absolute atomic E-state index is 13.0. The van der Waals surface area contributed by atoms with E-state index in [4.69, 9.17) is 30.0 Å². The Morgan fingerprint density at radius 1 is 1.02 bits per heavy atom. The molecule has 22 nitrogen and oxygen atoms in total. The lowest BCUT2D eigenvalue weighted by Gasteiger charge is -2.24. The van der Waals surface area contributed by atoms with Crippen LogP contribution in [0, 0.1) is 0 Å². The lowest BCUT2D eigenvalue weighted by Crippen LogP contribution is -2.36. The fraction of sp³-hybridized carbons (Fsp3) is 0.526. The molecule has 42 heavy (non-hydrogen) atoms. The normalized spacial score (nSPS) is 31.3. The van der Waals surface area contributed by atoms with E-state index in [1.165, 1.54) is 0 Å². The average molecular weight is 613 g/mol. The first-order chi connectivity index (χ1) is 20.0. The summed E-state index contributed by atoms with van der Waals surface area (Å²) < 4.78 is 36.7. The van der Waals surface area contributed by atoms with E-state index in [9.17, 15) is 34.7 Å². The van der Waals surface area contributed by atoms with Gasteiger partial charge in [0.1, 0.15) is 43.0 Å². The van der Waals surface area contributed by atoms with Gasteiger partial charge >= 0.3 is 7.82 Å². The van der Waals surface area contributed by atoms with E-state index in [0.717, 1.165) is 21.9 Å².